The van der Waals surface area contributed by atoms with E-state index in [1.165, 1.54) is 0 Å². The van der Waals surface area contributed by atoms with Crippen LogP contribution >= 0.6 is 0 Å². The first-order valence-corrected chi connectivity index (χ1v) is 5.99. The molecule has 0 aromatic carbocycles. The normalized spacial score (nSPS) is 14.9. The number of carbonyl (C=O) groups is 1. The molecular formula is C8H17NO5S. The van der Waals surface area contributed by atoms with E-state index in [0.29, 0.717) is 0 Å². The summed E-state index contributed by atoms with van der Waals surface area (Å²) in [6.07, 6.45) is 0. The van der Waals surface area contributed by atoms with Crippen molar-refractivity contribution in [2.75, 3.05) is 13.2 Å². The largest absolute Gasteiger partial charge is 0.480 e. The van der Waals surface area contributed by atoms with Crippen LogP contribution in [0.4, 0.5) is 0 Å². The fraction of sp³-hybridized carbons (Fsp3) is 0.875. The number of aliphatic carboxylic acids is 1. The summed E-state index contributed by atoms with van der Waals surface area (Å²) in [6, 6.07) is 0. The van der Waals surface area contributed by atoms with Gasteiger partial charge in [-0.1, -0.05) is 13.8 Å². The van der Waals surface area contributed by atoms with Gasteiger partial charge in [0.15, 0.2) is 5.25 Å². The quantitative estimate of drug-likeness (QED) is 0.574. The lowest BCUT2D eigenvalue weighted by atomic mass is 9.96. The molecule has 0 fully saturated rings. The number of rotatable bonds is 6. The summed E-state index contributed by atoms with van der Waals surface area (Å²) in [5.41, 5.74) is -0.606. The third-order valence-corrected chi connectivity index (χ3v) is 3.67. The van der Waals surface area contributed by atoms with Gasteiger partial charge in [0.05, 0.1) is 0 Å². The molecule has 0 aliphatic heterocycles. The zero-order valence-electron chi connectivity index (χ0n) is 9.02. The van der Waals surface area contributed by atoms with Gasteiger partial charge in [-0.3, -0.25) is 4.79 Å². The van der Waals surface area contributed by atoms with Gasteiger partial charge in [-0.05, 0) is 6.92 Å². The Morgan fingerprint density at radius 1 is 1.47 bits per heavy atom. The van der Waals surface area contributed by atoms with E-state index in [0.717, 1.165) is 6.92 Å². The van der Waals surface area contributed by atoms with Gasteiger partial charge in [0.25, 0.3) is 0 Å². The van der Waals surface area contributed by atoms with E-state index in [2.05, 4.69) is 4.72 Å². The average molecular weight is 239 g/mol. The highest BCUT2D eigenvalue weighted by Crippen LogP contribution is 2.12. The van der Waals surface area contributed by atoms with Gasteiger partial charge in [-0.15, -0.1) is 0 Å². The molecule has 0 amide bonds. The van der Waals surface area contributed by atoms with Crippen LogP contribution in [0.15, 0.2) is 0 Å². The summed E-state index contributed by atoms with van der Waals surface area (Å²) in [4.78, 5) is 10.5. The number of nitrogens with one attached hydrogen (secondary N) is 1. The predicted octanol–water partition coefficient (Wildman–Crippen LogP) is -0.603. The van der Waals surface area contributed by atoms with E-state index in [1.54, 1.807) is 13.8 Å². The van der Waals surface area contributed by atoms with Crippen LogP contribution in [0.25, 0.3) is 0 Å². The van der Waals surface area contributed by atoms with E-state index < -0.39 is 26.7 Å². The lowest BCUT2D eigenvalue weighted by molar-refractivity contribution is -0.136. The van der Waals surface area contributed by atoms with Crippen LogP contribution in [0.3, 0.4) is 0 Å². The van der Waals surface area contributed by atoms with Crippen molar-refractivity contribution in [2.24, 2.45) is 5.41 Å². The molecule has 0 saturated heterocycles. The predicted molar refractivity (Wildman–Crippen MR) is 54.9 cm³/mol. The van der Waals surface area contributed by atoms with Crippen molar-refractivity contribution in [1.82, 2.24) is 4.72 Å². The topological polar surface area (TPSA) is 104 Å². The Balaban J connectivity index is 4.48. The Morgan fingerprint density at radius 2 is 1.93 bits per heavy atom. The second-order valence-electron chi connectivity index (χ2n) is 4.17. The van der Waals surface area contributed by atoms with Gasteiger partial charge in [0, 0.05) is 18.6 Å². The van der Waals surface area contributed by atoms with E-state index in [9.17, 15) is 13.2 Å². The maximum absolute atomic E-state index is 11.4. The Hall–Kier alpha value is -0.660. The molecule has 0 radical (unpaired) electrons. The Kier molecular flexibility index (Phi) is 4.69. The smallest absolute Gasteiger partial charge is 0.323 e. The average Bonchev–Trinajstić information content (AvgIpc) is 2.14. The summed E-state index contributed by atoms with van der Waals surface area (Å²) in [5.74, 6) is -1.40. The van der Waals surface area contributed by atoms with Crippen LogP contribution in [0.2, 0.25) is 0 Å². The van der Waals surface area contributed by atoms with Gasteiger partial charge < -0.3 is 10.2 Å². The molecule has 1 unspecified atom stereocenters. The summed E-state index contributed by atoms with van der Waals surface area (Å²) < 4.78 is 24.9. The van der Waals surface area contributed by atoms with E-state index in [-0.39, 0.29) is 13.2 Å². The molecule has 0 saturated carbocycles. The number of carboxylic acid groups (broad SMARTS) is 1. The van der Waals surface area contributed by atoms with Crippen molar-refractivity contribution in [3.63, 3.8) is 0 Å². The molecule has 3 N–H and O–H groups in total. The summed E-state index contributed by atoms with van der Waals surface area (Å²) in [7, 11) is -3.86. The number of carboxylic acids is 1. The fourth-order valence-corrected chi connectivity index (χ4v) is 1.72. The molecule has 1 atom stereocenters. The SMILES string of the molecule is CC(C(=O)O)S(=O)(=O)NCC(C)(C)CO. The minimum absolute atomic E-state index is 0.00343. The molecule has 0 rings (SSSR count). The number of aliphatic hydroxyl groups excluding tert-OH is 1. The van der Waals surface area contributed by atoms with Gasteiger partial charge in [-0.25, -0.2) is 13.1 Å². The number of hydrogen-bond donors (Lipinski definition) is 3. The van der Waals surface area contributed by atoms with Gasteiger partial charge in [-0.2, -0.15) is 0 Å². The second-order valence-corrected chi connectivity index (χ2v) is 6.25. The molecule has 0 spiro atoms. The number of aliphatic hydroxyl groups is 1. The van der Waals surface area contributed by atoms with E-state index >= 15 is 0 Å². The Labute approximate surface area is 89.4 Å². The zero-order valence-corrected chi connectivity index (χ0v) is 9.84. The molecule has 0 heterocycles. The number of hydrogen-bond acceptors (Lipinski definition) is 4. The molecule has 0 bridgehead atoms. The summed E-state index contributed by atoms with van der Waals surface area (Å²) >= 11 is 0. The molecule has 90 valence electrons. The first kappa shape index (κ1) is 14.3. The van der Waals surface area contributed by atoms with Crippen LogP contribution in [-0.2, 0) is 14.8 Å². The molecule has 0 aliphatic rings. The lowest BCUT2D eigenvalue weighted by Gasteiger charge is -2.22. The van der Waals surface area contributed by atoms with Crippen molar-refractivity contribution < 1.29 is 23.4 Å². The summed E-state index contributed by atoms with van der Waals surface area (Å²) in [5, 5.41) is 15.9. The lowest BCUT2D eigenvalue weighted by Crippen LogP contribution is -2.42. The second kappa shape index (κ2) is 4.91. The molecule has 0 aromatic rings. The molecule has 7 heteroatoms. The molecule has 15 heavy (non-hydrogen) atoms. The third kappa shape index (κ3) is 4.59. The maximum atomic E-state index is 11.4. The zero-order chi connectivity index (χ0) is 12.3. The van der Waals surface area contributed by atoms with Crippen molar-refractivity contribution in [3.05, 3.63) is 0 Å². The minimum Gasteiger partial charge on any atom is -0.480 e. The van der Waals surface area contributed by atoms with Crippen molar-refractivity contribution in [3.8, 4) is 0 Å². The van der Waals surface area contributed by atoms with Gasteiger partial charge in [0.2, 0.25) is 10.0 Å². The van der Waals surface area contributed by atoms with Crippen LogP contribution in [0.1, 0.15) is 20.8 Å². The van der Waals surface area contributed by atoms with Crippen LogP contribution in [0.5, 0.6) is 0 Å². The van der Waals surface area contributed by atoms with Crippen LogP contribution in [-0.4, -0.2) is 43.0 Å². The number of sulfonamides is 1. The Bertz CT molecular complexity index is 322. The van der Waals surface area contributed by atoms with Crippen molar-refractivity contribution in [2.45, 2.75) is 26.0 Å². The van der Waals surface area contributed by atoms with Gasteiger partial charge in [0.1, 0.15) is 0 Å². The Morgan fingerprint density at radius 3 is 2.27 bits per heavy atom. The first-order chi connectivity index (χ1) is 6.62. The van der Waals surface area contributed by atoms with Gasteiger partial charge >= 0.3 is 5.97 Å². The van der Waals surface area contributed by atoms with E-state index in [1.807, 2.05) is 0 Å². The highest BCUT2D eigenvalue weighted by Gasteiger charge is 2.29. The van der Waals surface area contributed by atoms with Crippen molar-refractivity contribution >= 4 is 16.0 Å². The van der Waals surface area contributed by atoms with Crippen LogP contribution < -0.4 is 4.72 Å². The summed E-state index contributed by atoms with van der Waals surface area (Å²) in [6.45, 7) is 4.25. The molecule has 0 aliphatic carbocycles. The minimum atomic E-state index is -3.86. The first-order valence-electron chi connectivity index (χ1n) is 4.44. The molecular weight excluding hydrogens is 222 g/mol. The standard InChI is InChI=1S/C8H17NO5S/c1-6(7(11)12)15(13,14)9-4-8(2,3)5-10/h6,9-10H,4-5H2,1-3H3,(H,11,12). The highest BCUT2D eigenvalue weighted by molar-refractivity contribution is 7.90. The molecule has 0 aromatic heterocycles. The molecule has 6 nitrogen and oxygen atoms in total. The maximum Gasteiger partial charge on any atom is 0.323 e. The third-order valence-electron chi connectivity index (χ3n) is 1.99. The monoisotopic (exact) mass is 239 g/mol. The van der Waals surface area contributed by atoms with Crippen molar-refractivity contribution in [1.29, 1.82) is 0 Å². The van der Waals surface area contributed by atoms with E-state index in [4.69, 9.17) is 10.2 Å². The van der Waals surface area contributed by atoms with Crippen LogP contribution in [0, 0.1) is 5.41 Å². The highest BCUT2D eigenvalue weighted by atomic mass is 32.2. The fourth-order valence-electron chi connectivity index (χ4n) is 0.610.